The van der Waals surface area contributed by atoms with Crippen LogP contribution in [0.25, 0.3) is 0 Å². The number of nitrogens with one attached hydrogen (secondary N) is 1. The van der Waals surface area contributed by atoms with E-state index >= 15 is 0 Å². The molecule has 1 unspecified atom stereocenters. The lowest BCUT2D eigenvalue weighted by atomic mass is 10.3. The lowest BCUT2D eigenvalue weighted by Crippen LogP contribution is -2.17. The zero-order valence-electron chi connectivity index (χ0n) is 6.88. The van der Waals surface area contributed by atoms with E-state index in [-0.39, 0.29) is 6.61 Å². The van der Waals surface area contributed by atoms with Crippen molar-refractivity contribution < 1.29 is 9.84 Å². The molecule has 0 bridgehead atoms. The Labute approximate surface area is 67.7 Å². The fourth-order valence-corrected chi connectivity index (χ4v) is 1.23. The van der Waals surface area contributed by atoms with Crippen LogP contribution in [0.5, 0.6) is 0 Å². The maximum absolute atomic E-state index is 8.49. The summed E-state index contributed by atoms with van der Waals surface area (Å²) in [5.74, 6) is 0. The predicted molar refractivity (Wildman–Crippen MR) is 43.5 cm³/mol. The van der Waals surface area contributed by atoms with Crippen molar-refractivity contribution >= 4 is 0 Å². The molecule has 1 atom stereocenters. The second-order valence-electron chi connectivity index (χ2n) is 2.92. The van der Waals surface area contributed by atoms with Gasteiger partial charge in [0.25, 0.3) is 0 Å². The van der Waals surface area contributed by atoms with Gasteiger partial charge in [0.05, 0.1) is 6.10 Å². The highest BCUT2D eigenvalue weighted by Gasteiger charge is 2.13. The van der Waals surface area contributed by atoms with Gasteiger partial charge in [-0.1, -0.05) is 0 Å². The van der Waals surface area contributed by atoms with Crippen LogP contribution in [0.15, 0.2) is 0 Å². The summed E-state index contributed by atoms with van der Waals surface area (Å²) in [4.78, 5) is 0. The number of hydrogen-bond donors (Lipinski definition) is 2. The van der Waals surface area contributed by atoms with Crippen LogP contribution in [0.3, 0.4) is 0 Å². The molecule has 0 aromatic heterocycles. The minimum Gasteiger partial charge on any atom is -0.396 e. The predicted octanol–water partition coefficient (Wildman–Crippen LogP) is 0.137. The van der Waals surface area contributed by atoms with Crippen molar-refractivity contribution in [1.29, 1.82) is 0 Å². The van der Waals surface area contributed by atoms with Gasteiger partial charge < -0.3 is 15.2 Å². The third-order valence-electron chi connectivity index (χ3n) is 1.92. The number of aliphatic hydroxyl groups is 1. The van der Waals surface area contributed by atoms with Crippen molar-refractivity contribution in [1.82, 2.24) is 5.32 Å². The van der Waals surface area contributed by atoms with E-state index in [2.05, 4.69) is 5.32 Å². The Hall–Kier alpha value is -0.120. The lowest BCUT2D eigenvalue weighted by molar-refractivity contribution is 0.0620. The fourth-order valence-electron chi connectivity index (χ4n) is 1.23. The maximum Gasteiger partial charge on any atom is 0.0711 e. The van der Waals surface area contributed by atoms with Crippen LogP contribution >= 0.6 is 0 Å². The third-order valence-corrected chi connectivity index (χ3v) is 1.92. The van der Waals surface area contributed by atoms with Crippen molar-refractivity contribution in [3.8, 4) is 0 Å². The first-order valence-electron chi connectivity index (χ1n) is 4.36. The van der Waals surface area contributed by atoms with Gasteiger partial charge in [0.1, 0.15) is 0 Å². The summed E-state index contributed by atoms with van der Waals surface area (Å²) in [6.07, 6.45) is 3.40. The van der Waals surface area contributed by atoms with Crippen molar-refractivity contribution in [2.75, 3.05) is 26.3 Å². The molecule has 3 heteroatoms. The summed E-state index contributed by atoms with van der Waals surface area (Å²) in [5, 5.41) is 11.7. The number of hydrogen-bond acceptors (Lipinski definition) is 3. The van der Waals surface area contributed by atoms with E-state index in [9.17, 15) is 0 Å². The molecule has 1 rings (SSSR count). The summed E-state index contributed by atoms with van der Waals surface area (Å²) in [5.41, 5.74) is 0. The van der Waals surface area contributed by atoms with Crippen LogP contribution in [-0.2, 0) is 4.74 Å². The van der Waals surface area contributed by atoms with Gasteiger partial charge in [-0.2, -0.15) is 0 Å². The molecule has 66 valence electrons. The van der Waals surface area contributed by atoms with Crippen molar-refractivity contribution in [3.63, 3.8) is 0 Å². The van der Waals surface area contributed by atoms with Crippen molar-refractivity contribution in [2.45, 2.75) is 25.4 Å². The highest BCUT2D eigenvalue weighted by Crippen LogP contribution is 2.03. The molecule has 0 aliphatic carbocycles. The molecule has 11 heavy (non-hydrogen) atoms. The molecule has 0 saturated carbocycles. The first kappa shape index (κ1) is 8.97. The number of ether oxygens (including phenoxy) is 1. The summed E-state index contributed by atoms with van der Waals surface area (Å²) in [6.45, 7) is 3.17. The maximum atomic E-state index is 8.49. The van der Waals surface area contributed by atoms with E-state index in [1.807, 2.05) is 0 Å². The van der Waals surface area contributed by atoms with Crippen molar-refractivity contribution in [2.24, 2.45) is 0 Å². The Morgan fingerprint density at radius 2 is 2.36 bits per heavy atom. The summed E-state index contributed by atoms with van der Waals surface area (Å²) >= 11 is 0. The normalized spacial score (nSPS) is 24.3. The summed E-state index contributed by atoms with van der Waals surface area (Å²) in [7, 11) is 0. The molecule has 0 spiro atoms. The minimum absolute atomic E-state index is 0.284. The molecule has 1 aliphatic rings. The summed E-state index contributed by atoms with van der Waals surface area (Å²) < 4.78 is 5.53. The highest BCUT2D eigenvalue weighted by atomic mass is 16.5. The minimum atomic E-state index is 0.284. The second kappa shape index (κ2) is 5.52. The molecular weight excluding hydrogens is 142 g/mol. The van der Waals surface area contributed by atoms with E-state index in [4.69, 9.17) is 9.84 Å². The first-order chi connectivity index (χ1) is 5.43. The third kappa shape index (κ3) is 3.70. The van der Waals surface area contributed by atoms with Gasteiger partial charge in [0, 0.05) is 19.8 Å². The van der Waals surface area contributed by atoms with Gasteiger partial charge >= 0.3 is 0 Å². The fraction of sp³-hybridized carbons (Fsp3) is 1.00. The second-order valence-corrected chi connectivity index (χ2v) is 2.92. The molecule has 1 heterocycles. The van der Waals surface area contributed by atoms with E-state index in [1.54, 1.807) is 0 Å². The van der Waals surface area contributed by atoms with Crippen LogP contribution in [0, 0.1) is 0 Å². The first-order valence-corrected chi connectivity index (χ1v) is 4.36. The number of rotatable bonds is 5. The quantitative estimate of drug-likeness (QED) is 0.561. The standard InChI is InChI=1S/C8H17NO2/c10-5-1-2-6-11-8-3-4-9-7-8/h8-10H,1-7H2. The molecule has 0 radical (unpaired) electrons. The Morgan fingerprint density at radius 3 is 3.00 bits per heavy atom. The van der Waals surface area contributed by atoms with Gasteiger partial charge in [-0.3, -0.25) is 0 Å². The van der Waals surface area contributed by atoms with Crippen LogP contribution in [0.4, 0.5) is 0 Å². The van der Waals surface area contributed by atoms with E-state index in [1.165, 1.54) is 0 Å². The SMILES string of the molecule is OCCCCOC1CCNC1. The van der Waals surface area contributed by atoms with E-state index < -0.39 is 0 Å². The van der Waals surface area contributed by atoms with Gasteiger partial charge in [-0.05, 0) is 25.8 Å². The Morgan fingerprint density at radius 1 is 1.45 bits per heavy atom. The van der Waals surface area contributed by atoms with Gasteiger partial charge in [0.2, 0.25) is 0 Å². The molecule has 2 N–H and O–H groups in total. The largest absolute Gasteiger partial charge is 0.396 e. The Kier molecular flexibility index (Phi) is 4.50. The van der Waals surface area contributed by atoms with Crippen LogP contribution in [0.1, 0.15) is 19.3 Å². The monoisotopic (exact) mass is 159 g/mol. The molecule has 0 aromatic carbocycles. The smallest absolute Gasteiger partial charge is 0.0711 e. The van der Waals surface area contributed by atoms with E-state index in [0.717, 1.165) is 39.0 Å². The highest BCUT2D eigenvalue weighted by molar-refractivity contribution is 4.70. The average molecular weight is 159 g/mol. The van der Waals surface area contributed by atoms with Gasteiger partial charge in [-0.25, -0.2) is 0 Å². The zero-order valence-corrected chi connectivity index (χ0v) is 6.88. The van der Waals surface area contributed by atoms with Crippen LogP contribution in [-0.4, -0.2) is 37.5 Å². The molecule has 0 amide bonds. The van der Waals surface area contributed by atoms with Crippen LogP contribution in [0.2, 0.25) is 0 Å². The van der Waals surface area contributed by atoms with Crippen molar-refractivity contribution in [3.05, 3.63) is 0 Å². The van der Waals surface area contributed by atoms with Crippen LogP contribution < -0.4 is 5.32 Å². The number of aliphatic hydroxyl groups excluding tert-OH is 1. The van der Waals surface area contributed by atoms with Gasteiger partial charge in [-0.15, -0.1) is 0 Å². The Bertz CT molecular complexity index is 92.1. The zero-order chi connectivity index (χ0) is 7.94. The topological polar surface area (TPSA) is 41.5 Å². The average Bonchev–Trinajstić information content (AvgIpc) is 2.50. The molecule has 0 aromatic rings. The Balaban J connectivity index is 1.86. The molecule has 1 fully saturated rings. The summed E-state index contributed by atoms with van der Waals surface area (Å²) in [6, 6.07) is 0. The molecule has 3 nitrogen and oxygen atoms in total. The molecule has 1 saturated heterocycles. The molecular formula is C8H17NO2. The lowest BCUT2D eigenvalue weighted by Gasteiger charge is -2.08. The molecule has 1 aliphatic heterocycles. The van der Waals surface area contributed by atoms with E-state index in [0.29, 0.717) is 6.10 Å². The number of unbranched alkanes of at least 4 members (excludes halogenated alkanes) is 1. The van der Waals surface area contributed by atoms with Gasteiger partial charge in [0.15, 0.2) is 0 Å².